The van der Waals surface area contributed by atoms with E-state index in [1.165, 1.54) is 0 Å². The summed E-state index contributed by atoms with van der Waals surface area (Å²) in [5.41, 5.74) is 3.30. The van der Waals surface area contributed by atoms with Crippen LogP contribution in [0, 0.1) is 0 Å². The van der Waals surface area contributed by atoms with Crippen molar-refractivity contribution >= 4 is 34.3 Å². The third kappa shape index (κ3) is 5.26. The lowest BCUT2D eigenvalue weighted by atomic mass is 10.2. The lowest BCUT2D eigenvalue weighted by molar-refractivity contribution is 0.324. The third-order valence-electron chi connectivity index (χ3n) is 6.28. The Morgan fingerprint density at radius 1 is 0.610 bits per heavy atom. The molecular weight excluding hydrogens is 528 g/mol. The van der Waals surface area contributed by atoms with Crippen LogP contribution in [0.2, 0.25) is 0 Å². The van der Waals surface area contributed by atoms with E-state index in [-0.39, 0.29) is 0 Å². The van der Waals surface area contributed by atoms with E-state index in [1.807, 2.05) is 34.9 Å². The summed E-state index contributed by atoms with van der Waals surface area (Å²) in [6.45, 7) is 0. The maximum atomic E-state index is 5.53. The van der Waals surface area contributed by atoms with Gasteiger partial charge in [-0.3, -0.25) is 4.57 Å². The summed E-state index contributed by atoms with van der Waals surface area (Å²) in [4.78, 5) is 14.2. The van der Waals surface area contributed by atoms with Gasteiger partial charge >= 0.3 is 0 Å². The number of hydrogen-bond donors (Lipinski definition) is 2. The first-order valence-corrected chi connectivity index (χ1v) is 12.5. The highest BCUT2D eigenvalue weighted by Crippen LogP contribution is 2.42. The molecule has 0 saturated heterocycles. The second-order valence-electron chi connectivity index (χ2n) is 8.60. The number of rotatable bonds is 11. The SMILES string of the molecule is COc1cc(Nc2nc(Nc3cc(OC)c(OC)c(OC)c3)c3ncn(-c4ccccc4)c3n2)cc(OC)c1OC. The highest BCUT2D eigenvalue weighted by Gasteiger charge is 2.19. The number of benzene rings is 3. The molecule has 212 valence electrons. The van der Waals surface area contributed by atoms with Gasteiger partial charge in [-0.25, -0.2) is 4.98 Å². The van der Waals surface area contributed by atoms with Crippen LogP contribution in [0.3, 0.4) is 0 Å². The molecule has 0 fully saturated rings. The lowest BCUT2D eigenvalue weighted by Gasteiger charge is -2.16. The van der Waals surface area contributed by atoms with Crippen LogP contribution >= 0.6 is 0 Å². The Morgan fingerprint density at radius 2 is 1.12 bits per heavy atom. The Kier molecular flexibility index (Phi) is 7.81. The van der Waals surface area contributed by atoms with Gasteiger partial charge in [-0.05, 0) is 12.1 Å². The molecule has 5 rings (SSSR count). The molecule has 41 heavy (non-hydrogen) atoms. The molecule has 0 spiro atoms. The van der Waals surface area contributed by atoms with E-state index < -0.39 is 0 Å². The van der Waals surface area contributed by atoms with Crippen molar-refractivity contribution in [2.45, 2.75) is 0 Å². The maximum Gasteiger partial charge on any atom is 0.231 e. The highest BCUT2D eigenvalue weighted by molar-refractivity contribution is 5.88. The van der Waals surface area contributed by atoms with Gasteiger partial charge in [-0.15, -0.1) is 0 Å². The maximum absolute atomic E-state index is 5.53. The zero-order chi connectivity index (χ0) is 28.9. The fourth-order valence-electron chi connectivity index (χ4n) is 4.39. The number of methoxy groups -OCH3 is 6. The molecule has 2 aromatic heterocycles. The van der Waals surface area contributed by atoms with Gasteiger partial charge in [0.1, 0.15) is 6.33 Å². The van der Waals surface area contributed by atoms with Crippen LogP contribution in [0.25, 0.3) is 16.9 Å². The largest absolute Gasteiger partial charge is 0.493 e. The van der Waals surface area contributed by atoms with Gasteiger partial charge in [-0.1, -0.05) is 18.2 Å². The summed E-state index contributed by atoms with van der Waals surface area (Å²) in [6, 6.07) is 16.9. The number of aromatic nitrogens is 4. The molecule has 0 bridgehead atoms. The van der Waals surface area contributed by atoms with Crippen LogP contribution < -0.4 is 39.1 Å². The fraction of sp³-hybridized carbons (Fsp3) is 0.207. The molecule has 0 amide bonds. The van der Waals surface area contributed by atoms with Crippen molar-refractivity contribution < 1.29 is 28.4 Å². The Labute approximate surface area is 236 Å². The zero-order valence-corrected chi connectivity index (χ0v) is 23.5. The van der Waals surface area contributed by atoms with Crippen LogP contribution in [-0.4, -0.2) is 62.2 Å². The average Bonchev–Trinajstić information content (AvgIpc) is 3.44. The van der Waals surface area contributed by atoms with E-state index in [9.17, 15) is 0 Å². The molecule has 0 aliphatic rings. The molecule has 3 aromatic carbocycles. The number of nitrogens with zero attached hydrogens (tertiary/aromatic N) is 4. The Morgan fingerprint density at radius 3 is 1.61 bits per heavy atom. The number of nitrogens with one attached hydrogen (secondary N) is 2. The van der Waals surface area contributed by atoms with Crippen molar-refractivity contribution in [3.05, 3.63) is 60.9 Å². The predicted octanol–water partition coefficient (Wildman–Crippen LogP) is 5.35. The minimum absolute atomic E-state index is 0.305. The minimum atomic E-state index is 0.305. The van der Waals surface area contributed by atoms with Crippen LogP contribution in [0.4, 0.5) is 23.1 Å². The smallest absolute Gasteiger partial charge is 0.231 e. The van der Waals surface area contributed by atoms with E-state index >= 15 is 0 Å². The van der Waals surface area contributed by atoms with E-state index in [0.29, 0.717) is 68.8 Å². The summed E-state index contributed by atoms with van der Waals surface area (Å²) in [7, 11) is 9.34. The molecule has 0 unspecified atom stereocenters. The number of fused-ring (bicyclic) bond motifs is 1. The van der Waals surface area contributed by atoms with Gasteiger partial charge in [0.05, 0.1) is 42.7 Å². The second kappa shape index (κ2) is 11.8. The van der Waals surface area contributed by atoms with Gasteiger partial charge in [0, 0.05) is 41.3 Å². The Hall–Kier alpha value is -5.39. The topological polar surface area (TPSA) is 123 Å². The van der Waals surface area contributed by atoms with Gasteiger partial charge in [0.25, 0.3) is 0 Å². The Balaban J connectivity index is 1.64. The standard InChI is InChI=1S/C29H30N6O6/c1-36-20-12-17(13-21(37-2)25(20)40-5)31-27-24-28(35(16-30-24)19-10-8-7-9-11-19)34-29(33-27)32-18-14-22(38-3)26(41-6)23(15-18)39-4/h7-16H,1-6H3,(H2,31,32,33,34). The van der Waals surface area contributed by atoms with Crippen LogP contribution in [0.15, 0.2) is 60.9 Å². The molecule has 12 nitrogen and oxygen atoms in total. The van der Waals surface area contributed by atoms with Crippen molar-refractivity contribution in [3.63, 3.8) is 0 Å². The number of ether oxygens (including phenoxy) is 6. The zero-order valence-electron chi connectivity index (χ0n) is 23.5. The molecule has 0 aliphatic carbocycles. The molecular formula is C29H30N6O6. The summed E-state index contributed by atoms with van der Waals surface area (Å²) in [5.74, 6) is 3.67. The normalized spacial score (nSPS) is 10.7. The monoisotopic (exact) mass is 558 g/mol. The van der Waals surface area contributed by atoms with Gasteiger partial charge in [-0.2, -0.15) is 9.97 Å². The molecule has 0 atom stereocenters. The number of para-hydroxylation sites is 1. The van der Waals surface area contributed by atoms with Crippen molar-refractivity contribution in [2.24, 2.45) is 0 Å². The van der Waals surface area contributed by atoms with Crippen molar-refractivity contribution in [1.82, 2.24) is 19.5 Å². The van der Waals surface area contributed by atoms with E-state index in [0.717, 1.165) is 5.69 Å². The van der Waals surface area contributed by atoms with E-state index in [1.54, 1.807) is 73.3 Å². The second-order valence-corrected chi connectivity index (χ2v) is 8.60. The number of anilines is 4. The van der Waals surface area contributed by atoms with Crippen molar-refractivity contribution in [2.75, 3.05) is 53.3 Å². The molecule has 12 heteroatoms. The van der Waals surface area contributed by atoms with Crippen LogP contribution in [0.5, 0.6) is 34.5 Å². The first kappa shape index (κ1) is 27.2. The van der Waals surface area contributed by atoms with E-state index in [2.05, 4.69) is 15.6 Å². The minimum Gasteiger partial charge on any atom is -0.493 e. The average molecular weight is 559 g/mol. The van der Waals surface area contributed by atoms with Crippen LogP contribution in [0.1, 0.15) is 0 Å². The summed E-state index contributed by atoms with van der Waals surface area (Å²) < 4.78 is 34.9. The van der Waals surface area contributed by atoms with Gasteiger partial charge in [0.15, 0.2) is 40.0 Å². The lowest BCUT2D eigenvalue weighted by Crippen LogP contribution is -2.05. The summed E-state index contributed by atoms with van der Waals surface area (Å²) in [5, 5.41) is 6.62. The molecule has 0 saturated carbocycles. The first-order valence-electron chi connectivity index (χ1n) is 12.5. The molecule has 0 radical (unpaired) electrons. The quantitative estimate of drug-likeness (QED) is 0.218. The third-order valence-corrected chi connectivity index (χ3v) is 6.28. The van der Waals surface area contributed by atoms with Crippen molar-refractivity contribution in [1.29, 1.82) is 0 Å². The highest BCUT2D eigenvalue weighted by atomic mass is 16.5. The molecule has 2 heterocycles. The van der Waals surface area contributed by atoms with Crippen molar-refractivity contribution in [3.8, 4) is 40.2 Å². The Bertz CT molecular complexity index is 1620. The predicted molar refractivity (Wildman–Crippen MR) is 155 cm³/mol. The molecule has 0 aliphatic heterocycles. The number of hydrogen-bond acceptors (Lipinski definition) is 11. The van der Waals surface area contributed by atoms with Gasteiger partial charge in [0.2, 0.25) is 17.4 Å². The summed E-state index contributed by atoms with van der Waals surface area (Å²) in [6.07, 6.45) is 1.71. The summed E-state index contributed by atoms with van der Waals surface area (Å²) >= 11 is 0. The molecule has 5 aromatic rings. The first-order chi connectivity index (χ1) is 20.0. The van der Waals surface area contributed by atoms with Crippen LogP contribution in [-0.2, 0) is 0 Å². The number of imidazole rings is 1. The molecule has 2 N–H and O–H groups in total. The fourth-order valence-corrected chi connectivity index (χ4v) is 4.39. The van der Waals surface area contributed by atoms with Gasteiger partial charge < -0.3 is 39.1 Å². The van der Waals surface area contributed by atoms with E-state index in [4.69, 9.17) is 38.4 Å².